The zero-order valence-corrected chi connectivity index (χ0v) is 11.6. The van der Waals surface area contributed by atoms with Crippen molar-refractivity contribution in [2.45, 2.75) is 6.54 Å². The first-order valence-corrected chi connectivity index (χ1v) is 6.44. The molecule has 0 atom stereocenters. The van der Waals surface area contributed by atoms with Gasteiger partial charge in [0.1, 0.15) is 5.75 Å². The van der Waals surface area contributed by atoms with Gasteiger partial charge in [-0.1, -0.05) is 23.7 Å². The third-order valence-corrected chi connectivity index (χ3v) is 3.07. The van der Waals surface area contributed by atoms with Crippen molar-refractivity contribution in [3.8, 4) is 5.75 Å². The Kier molecular flexibility index (Phi) is 4.45. The van der Waals surface area contributed by atoms with Crippen molar-refractivity contribution in [1.29, 1.82) is 0 Å². The van der Waals surface area contributed by atoms with Crippen LogP contribution in [-0.4, -0.2) is 22.1 Å². The van der Waals surface area contributed by atoms with Gasteiger partial charge >= 0.3 is 5.97 Å². The molecule has 0 aliphatic carbocycles. The van der Waals surface area contributed by atoms with Crippen LogP contribution < -0.4 is 5.32 Å². The molecule has 0 heterocycles. The van der Waals surface area contributed by atoms with Crippen molar-refractivity contribution < 1.29 is 19.8 Å². The number of hydrogen-bond donors (Lipinski definition) is 3. The minimum atomic E-state index is -1.03. The van der Waals surface area contributed by atoms with Gasteiger partial charge in [0.15, 0.2) is 0 Å². The number of benzene rings is 2. The molecule has 0 aromatic heterocycles. The quantitative estimate of drug-likeness (QED) is 0.810. The normalized spacial score (nSPS) is 10.1. The summed E-state index contributed by atoms with van der Waals surface area (Å²) >= 11 is 5.78. The molecule has 0 aliphatic heterocycles. The lowest BCUT2D eigenvalue weighted by Gasteiger charge is -2.08. The first-order valence-electron chi connectivity index (χ1n) is 6.06. The van der Waals surface area contributed by atoms with E-state index in [0.29, 0.717) is 10.6 Å². The zero-order valence-electron chi connectivity index (χ0n) is 10.8. The highest BCUT2D eigenvalue weighted by Gasteiger charge is 2.11. The maximum Gasteiger partial charge on any atom is 0.335 e. The van der Waals surface area contributed by atoms with E-state index in [1.807, 2.05) is 0 Å². The molecule has 0 radical (unpaired) electrons. The summed E-state index contributed by atoms with van der Waals surface area (Å²) in [5.41, 5.74) is 0.856. The first-order chi connectivity index (χ1) is 9.97. The van der Waals surface area contributed by atoms with Crippen LogP contribution in [0.5, 0.6) is 5.75 Å². The number of nitrogens with one attached hydrogen (secondary N) is 1. The van der Waals surface area contributed by atoms with E-state index >= 15 is 0 Å². The van der Waals surface area contributed by atoms with Gasteiger partial charge in [0.2, 0.25) is 0 Å². The highest BCUT2D eigenvalue weighted by molar-refractivity contribution is 6.31. The minimum absolute atomic E-state index is 0.0666. The molecule has 2 aromatic rings. The average Bonchev–Trinajstić information content (AvgIpc) is 2.47. The molecule has 5 nitrogen and oxygen atoms in total. The van der Waals surface area contributed by atoms with Gasteiger partial charge in [-0.25, -0.2) is 4.79 Å². The van der Waals surface area contributed by atoms with Crippen LogP contribution in [0.1, 0.15) is 26.3 Å². The Morgan fingerprint density at radius 2 is 1.90 bits per heavy atom. The zero-order chi connectivity index (χ0) is 15.4. The van der Waals surface area contributed by atoms with Crippen LogP contribution in [0, 0.1) is 0 Å². The van der Waals surface area contributed by atoms with E-state index in [4.69, 9.17) is 16.7 Å². The minimum Gasteiger partial charge on any atom is -0.507 e. The molecule has 0 saturated heterocycles. The Morgan fingerprint density at radius 3 is 2.62 bits per heavy atom. The predicted molar refractivity (Wildman–Crippen MR) is 77.7 cm³/mol. The van der Waals surface area contributed by atoms with Gasteiger partial charge in [0.25, 0.3) is 5.91 Å². The van der Waals surface area contributed by atoms with Gasteiger partial charge in [-0.3, -0.25) is 4.79 Å². The van der Waals surface area contributed by atoms with Gasteiger partial charge in [-0.2, -0.15) is 0 Å². The summed E-state index contributed by atoms with van der Waals surface area (Å²) in [5, 5.41) is 21.5. The number of phenolic OH excluding ortho intramolecular Hbond substituents is 1. The van der Waals surface area contributed by atoms with Crippen LogP contribution in [0.3, 0.4) is 0 Å². The molecule has 0 spiro atoms. The fourth-order valence-corrected chi connectivity index (χ4v) is 1.95. The molecular weight excluding hydrogens is 294 g/mol. The molecule has 2 rings (SSSR count). The molecule has 3 N–H and O–H groups in total. The van der Waals surface area contributed by atoms with E-state index in [0.717, 1.165) is 0 Å². The van der Waals surface area contributed by atoms with E-state index in [1.54, 1.807) is 12.1 Å². The van der Waals surface area contributed by atoms with E-state index < -0.39 is 11.9 Å². The number of carboxylic acid groups (broad SMARTS) is 1. The number of aromatic hydroxyl groups is 1. The molecule has 1 amide bonds. The third kappa shape index (κ3) is 3.73. The lowest BCUT2D eigenvalue weighted by molar-refractivity contribution is 0.0696. The second kappa shape index (κ2) is 6.28. The summed E-state index contributed by atoms with van der Waals surface area (Å²) in [6.07, 6.45) is 0. The number of rotatable bonds is 4. The van der Waals surface area contributed by atoms with Crippen molar-refractivity contribution in [1.82, 2.24) is 5.32 Å². The molecule has 0 saturated carbocycles. The van der Waals surface area contributed by atoms with Crippen LogP contribution >= 0.6 is 11.6 Å². The highest BCUT2D eigenvalue weighted by Crippen LogP contribution is 2.21. The van der Waals surface area contributed by atoms with Crippen LogP contribution in [0.15, 0.2) is 42.5 Å². The van der Waals surface area contributed by atoms with Gasteiger partial charge < -0.3 is 15.5 Å². The smallest absolute Gasteiger partial charge is 0.335 e. The summed E-state index contributed by atoms with van der Waals surface area (Å²) < 4.78 is 0. The average molecular weight is 306 g/mol. The maximum absolute atomic E-state index is 12.0. The Hall–Kier alpha value is -2.53. The van der Waals surface area contributed by atoms with Crippen molar-refractivity contribution in [2.24, 2.45) is 0 Å². The number of hydrogen-bond acceptors (Lipinski definition) is 3. The molecular formula is C15H12ClNO4. The summed E-state index contributed by atoms with van der Waals surface area (Å²) in [5.74, 6) is -1.69. The molecule has 0 bridgehead atoms. The van der Waals surface area contributed by atoms with Crippen LogP contribution in [0.25, 0.3) is 0 Å². The molecule has 6 heteroatoms. The summed E-state index contributed by atoms with van der Waals surface area (Å²) in [4.78, 5) is 22.8. The number of amides is 1. The maximum atomic E-state index is 12.0. The molecule has 0 aliphatic rings. The van der Waals surface area contributed by atoms with E-state index in [2.05, 4.69) is 5.32 Å². The monoisotopic (exact) mass is 305 g/mol. The second-order valence-corrected chi connectivity index (χ2v) is 4.79. The molecule has 21 heavy (non-hydrogen) atoms. The topological polar surface area (TPSA) is 86.6 Å². The van der Waals surface area contributed by atoms with Gasteiger partial charge in [-0.15, -0.1) is 0 Å². The van der Waals surface area contributed by atoms with Crippen molar-refractivity contribution in [3.05, 3.63) is 64.2 Å². The molecule has 0 unspecified atom stereocenters. The van der Waals surface area contributed by atoms with Crippen LogP contribution in [0.4, 0.5) is 0 Å². The lowest BCUT2D eigenvalue weighted by atomic mass is 10.1. The fourth-order valence-electron chi connectivity index (χ4n) is 1.78. The second-order valence-electron chi connectivity index (χ2n) is 4.35. The van der Waals surface area contributed by atoms with E-state index in [9.17, 15) is 14.7 Å². The molecule has 2 aromatic carbocycles. The molecule has 108 valence electrons. The van der Waals surface area contributed by atoms with Crippen molar-refractivity contribution >= 4 is 23.5 Å². The summed E-state index contributed by atoms with van der Waals surface area (Å²) in [6, 6.07) is 10.4. The Labute approximate surface area is 125 Å². The van der Waals surface area contributed by atoms with Gasteiger partial charge in [0.05, 0.1) is 11.1 Å². The SMILES string of the molecule is O=C(O)c1cccc(CNC(=O)c2cc(Cl)ccc2O)c1. The number of halogens is 1. The Morgan fingerprint density at radius 1 is 1.14 bits per heavy atom. The van der Waals surface area contributed by atoms with E-state index in [-0.39, 0.29) is 23.4 Å². The van der Waals surface area contributed by atoms with E-state index in [1.165, 1.54) is 30.3 Å². The lowest BCUT2D eigenvalue weighted by Crippen LogP contribution is -2.23. The number of carbonyl (C=O) groups excluding carboxylic acids is 1. The number of aromatic carboxylic acids is 1. The number of carboxylic acids is 1. The van der Waals surface area contributed by atoms with Gasteiger partial charge in [0, 0.05) is 11.6 Å². The first kappa shape index (κ1) is 14.9. The summed E-state index contributed by atoms with van der Waals surface area (Å²) in [6.45, 7) is 0.145. The highest BCUT2D eigenvalue weighted by atomic mass is 35.5. The molecule has 0 fully saturated rings. The van der Waals surface area contributed by atoms with Crippen molar-refractivity contribution in [2.75, 3.05) is 0 Å². The van der Waals surface area contributed by atoms with Gasteiger partial charge in [-0.05, 0) is 35.9 Å². The standard InChI is InChI=1S/C15H12ClNO4/c16-11-4-5-13(18)12(7-11)14(19)17-8-9-2-1-3-10(6-9)15(20)21/h1-7,18H,8H2,(H,17,19)(H,20,21). The Balaban J connectivity index is 2.09. The summed E-state index contributed by atoms with van der Waals surface area (Å²) in [7, 11) is 0. The number of carbonyl (C=O) groups is 2. The van der Waals surface area contributed by atoms with Crippen LogP contribution in [-0.2, 0) is 6.54 Å². The van der Waals surface area contributed by atoms with Crippen LogP contribution in [0.2, 0.25) is 5.02 Å². The van der Waals surface area contributed by atoms with Crippen molar-refractivity contribution in [3.63, 3.8) is 0 Å². The fraction of sp³-hybridized carbons (Fsp3) is 0.0667. The largest absolute Gasteiger partial charge is 0.507 e. The third-order valence-electron chi connectivity index (χ3n) is 2.83. The Bertz CT molecular complexity index is 700. The predicted octanol–water partition coefficient (Wildman–Crippen LogP) is 2.67. The number of phenols is 1.